The minimum atomic E-state index is -1.30. The molecule has 0 aromatic rings. The SMILES string of the molecule is COCCCNC(=O)CCC(NC(=O)CN1CCN(CC(=O)O)CCN(CC(=O)O)CCN(CC(=O)O)CC1)C(=O)O. The Morgan fingerprint density at radius 3 is 1.43 bits per heavy atom. The van der Waals surface area contributed by atoms with Gasteiger partial charge >= 0.3 is 23.9 Å². The van der Waals surface area contributed by atoms with Gasteiger partial charge in [0.2, 0.25) is 11.8 Å². The summed E-state index contributed by atoms with van der Waals surface area (Å²) >= 11 is 0. The van der Waals surface area contributed by atoms with Crippen molar-refractivity contribution in [3.8, 4) is 0 Å². The van der Waals surface area contributed by atoms with E-state index in [1.165, 1.54) is 7.11 Å². The van der Waals surface area contributed by atoms with Gasteiger partial charge in [0.25, 0.3) is 0 Å². The van der Waals surface area contributed by atoms with Crippen LogP contribution >= 0.6 is 0 Å². The van der Waals surface area contributed by atoms with Gasteiger partial charge in [0, 0.05) is 79.0 Å². The van der Waals surface area contributed by atoms with Crippen molar-refractivity contribution in [3.05, 3.63) is 0 Å². The molecule has 1 saturated heterocycles. The Bertz CT molecular complexity index is 874. The Labute approximate surface area is 244 Å². The highest BCUT2D eigenvalue weighted by atomic mass is 16.5. The molecule has 0 bridgehead atoms. The fourth-order valence-electron chi connectivity index (χ4n) is 4.29. The van der Waals surface area contributed by atoms with Gasteiger partial charge in [0.1, 0.15) is 6.04 Å². The predicted octanol–water partition coefficient (Wildman–Crippen LogP) is -3.04. The molecule has 0 saturated carbocycles. The van der Waals surface area contributed by atoms with E-state index in [9.17, 15) is 49.2 Å². The average Bonchev–Trinajstić information content (AvgIpc) is 2.89. The van der Waals surface area contributed by atoms with E-state index >= 15 is 0 Å². The van der Waals surface area contributed by atoms with Gasteiger partial charge in [-0.3, -0.25) is 43.6 Å². The summed E-state index contributed by atoms with van der Waals surface area (Å²) in [7, 11) is 1.54. The zero-order chi connectivity index (χ0) is 31.5. The first-order chi connectivity index (χ1) is 19.9. The molecule has 17 nitrogen and oxygen atoms in total. The molecule has 0 aromatic heterocycles. The summed E-state index contributed by atoms with van der Waals surface area (Å²) in [6.07, 6.45) is 0.371. The smallest absolute Gasteiger partial charge is 0.326 e. The van der Waals surface area contributed by atoms with E-state index < -0.39 is 35.8 Å². The first kappa shape index (κ1) is 36.6. The van der Waals surface area contributed by atoms with Crippen LogP contribution in [0.1, 0.15) is 19.3 Å². The molecular weight excluding hydrogens is 560 g/mol. The summed E-state index contributed by atoms with van der Waals surface area (Å²) in [5, 5.41) is 42.6. The molecule has 0 aromatic carbocycles. The molecule has 0 spiro atoms. The standard InChI is InChI=1S/C25H44N6O11/c1-42-14-2-5-26-20(32)4-3-19(25(40)41)27-21(33)15-28-6-8-29(16-22(34)35)10-12-31(18-24(38)39)13-11-30(9-7-28)17-23(36)37/h19H,2-18H2,1H3,(H,26,32)(H,27,33)(H,34,35)(H,36,37)(H,38,39)(H,40,41). The van der Waals surface area contributed by atoms with E-state index in [-0.39, 0.29) is 97.3 Å². The number of amides is 2. The van der Waals surface area contributed by atoms with Gasteiger partial charge in [-0.2, -0.15) is 0 Å². The van der Waals surface area contributed by atoms with Crippen LogP contribution in [0.4, 0.5) is 0 Å². The van der Waals surface area contributed by atoms with Crippen LogP contribution in [0.25, 0.3) is 0 Å². The Morgan fingerprint density at radius 1 is 0.667 bits per heavy atom. The fraction of sp³-hybridized carbons (Fsp3) is 0.760. The second-order valence-electron chi connectivity index (χ2n) is 9.98. The molecule has 1 aliphatic rings. The summed E-state index contributed by atoms with van der Waals surface area (Å²) in [5.41, 5.74) is 0. The lowest BCUT2D eigenvalue weighted by Gasteiger charge is -2.33. The lowest BCUT2D eigenvalue weighted by atomic mass is 10.1. The molecule has 0 radical (unpaired) electrons. The maximum Gasteiger partial charge on any atom is 0.326 e. The number of carbonyl (C=O) groups is 6. The zero-order valence-electron chi connectivity index (χ0n) is 24.0. The molecule has 1 heterocycles. The minimum absolute atomic E-state index is 0.110. The summed E-state index contributed by atoms with van der Waals surface area (Å²) in [6, 6.07) is -1.30. The van der Waals surface area contributed by atoms with Crippen molar-refractivity contribution in [3.63, 3.8) is 0 Å². The zero-order valence-corrected chi connectivity index (χ0v) is 24.0. The van der Waals surface area contributed by atoms with E-state index in [1.807, 2.05) is 0 Å². The highest BCUT2D eigenvalue weighted by Crippen LogP contribution is 2.03. The highest BCUT2D eigenvalue weighted by molar-refractivity contribution is 5.85. The number of aliphatic carboxylic acids is 4. The molecule has 1 atom stereocenters. The van der Waals surface area contributed by atoms with Crippen molar-refractivity contribution >= 4 is 35.7 Å². The number of carbonyl (C=O) groups excluding carboxylic acids is 2. The molecule has 1 unspecified atom stereocenters. The van der Waals surface area contributed by atoms with Crippen LogP contribution in [0, 0.1) is 0 Å². The topological polar surface area (TPSA) is 230 Å². The number of nitrogens with zero attached hydrogens (tertiary/aromatic N) is 4. The Kier molecular flexibility index (Phi) is 17.9. The molecule has 1 rings (SSSR count). The van der Waals surface area contributed by atoms with Crippen molar-refractivity contribution in [2.45, 2.75) is 25.3 Å². The third-order valence-electron chi connectivity index (χ3n) is 6.51. The molecule has 17 heteroatoms. The van der Waals surface area contributed by atoms with E-state index in [0.717, 1.165) is 0 Å². The first-order valence-corrected chi connectivity index (χ1v) is 13.7. The van der Waals surface area contributed by atoms with Crippen LogP contribution in [0.15, 0.2) is 0 Å². The van der Waals surface area contributed by atoms with E-state index in [0.29, 0.717) is 19.6 Å². The van der Waals surface area contributed by atoms with Gasteiger partial charge in [0.15, 0.2) is 0 Å². The summed E-state index contributed by atoms with van der Waals surface area (Å²) in [4.78, 5) is 77.2. The van der Waals surface area contributed by atoms with Crippen LogP contribution in [-0.4, -0.2) is 181 Å². The average molecular weight is 605 g/mol. The minimum Gasteiger partial charge on any atom is -0.480 e. The molecule has 0 aliphatic carbocycles. The molecule has 6 N–H and O–H groups in total. The second kappa shape index (κ2) is 20.5. The molecule has 1 fully saturated rings. The number of rotatable bonds is 17. The van der Waals surface area contributed by atoms with E-state index in [1.54, 1.807) is 19.6 Å². The maximum atomic E-state index is 12.8. The van der Waals surface area contributed by atoms with Gasteiger partial charge in [-0.15, -0.1) is 0 Å². The Hall–Kier alpha value is -3.38. The summed E-state index contributed by atoms with van der Waals surface area (Å²) in [5.74, 6) is -5.47. The monoisotopic (exact) mass is 604 g/mol. The highest BCUT2D eigenvalue weighted by Gasteiger charge is 2.24. The number of nitrogens with one attached hydrogen (secondary N) is 2. The number of carboxylic acids is 4. The maximum absolute atomic E-state index is 12.8. The summed E-state index contributed by atoms with van der Waals surface area (Å²) in [6.45, 7) is 1.50. The summed E-state index contributed by atoms with van der Waals surface area (Å²) < 4.78 is 4.90. The van der Waals surface area contributed by atoms with Crippen LogP contribution in [0.3, 0.4) is 0 Å². The largest absolute Gasteiger partial charge is 0.480 e. The number of hydrogen-bond acceptors (Lipinski definition) is 11. The second-order valence-corrected chi connectivity index (χ2v) is 9.98. The van der Waals surface area contributed by atoms with E-state index in [2.05, 4.69) is 10.6 Å². The van der Waals surface area contributed by atoms with Crippen molar-refractivity contribution in [1.82, 2.24) is 30.2 Å². The fourth-order valence-corrected chi connectivity index (χ4v) is 4.29. The normalized spacial score (nSPS) is 17.4. The van der Waals surface area contributed by atoms with Gasteiger partial charge in [-0.25, -0.2) is 4.79 Å². The van der Waals surface area contributed by atoms with Crippen LogP contribution in [0.2, 0.25) is 0 Å². The number of carboxylic acid groups (broad SMARTS) is 4. The van der Waals surface area contributed by atoms with Crippen LogP contribution < -0.4 is 10.6 Å². The lowest BCUT2D eigenvalue weighted by molar-refractivity contribution is -0.142. The quantitative estimate of drug-likeness (QED) is 0.0907. The van der Waals surface area contributed by atoms with Gasteiger partial charge < -0.3 is 35.8 Å². The van der Waals surface area contributed by atoms with E-state index in [4.69, 9.17) is 4.74 Å². The van der Waals surface area contributed by atoms with Gasteiger partial charge in [-0.1, -0.05) is 0 Å². The van der Waals surface area contributed by atoms with Crippen molar-refractivity contribution in [2.24, 2.45) is 0 Å². The number of hydrogen-bond donors (Lipinski definition) is 6. The van der Waals surface area contributed by atoms with Gasteiger partial charge in [0.05, 0.1) is 26.2 Å². The number of ether oxygens (including phenoxy) is 1. The van der Waals surface area contributed by atoms with Crippen molar-refractivity contribution < 1.29 is 53.9 Å². The van der Waals surface area contributed by atoms with Crippen LogP contribution in [0.5, 0.6) is 0 Å². The van der Waals surface area contributed by atoms with Gasteiger partial charge in [-0.05, 0) is 12.8 Å². The van der Waals surface area contributed by atoms with Crippen LogP contribution in [-0.2, 0) is 33.5 Å². The van der Waals surface area contributed by atoms with Crippen molar-refractivity contribution in [1.29, 1.82) is 0 Å². The Balaban J connectivity index is 2.89. The first-order valence-electron chi connectivity index (χ1n) is 13.7. The molecule has 42 heavy (non-hydrogen) atoms. The predicted molar refractivity (Wildman–Crippen MR) is 147 cm³/mol. The molecule has 240 valence electrons. The molecule has 2 amide bonds. The lowest BCUT2D eigenvalue weighted by Crippen LogP contribution is -2.51. The molecule has 1 aliphatic heterocycles. The third-order valence-corrected chi connectivity index (χ3v) is 6.51. The van der Waals surface area contributed by atoms with Crippen molar-refractivity contribution in [2.75, 3.05) is 98.8 Å². The third kappa shape index (κ3) is 17.4. The number of methoxy groups -OCH3 is 1. The molecular formula is C25H44N6O11. The Morgan fingerprint density at radius 2 is 1.07 bits per heavy atom.